The molecule has 0 bridgehead atoms. The molecule has 4 rings (SSSR count). The summed E-state index contributed by atoms with van der Waals surface area (Å²) in [5.41, 5.74) is 2.25. The summed E-state index contributed by atoms with van der Waals surface area (Å²) in [5, 5.41) is 2.34. The zero-order valence-electron chi connectivity index (χ0n) is 22.6. The van der Waals surface area contributed by atoms with Crippen LogP contribution in [0, 0.1) is 5.92 Å². The van der Waals surface area contributed by atoms with Crippen molar-refractivity contribution < 1.29 is 23.9 Å². The molecule has 10 heteroatoms. The third kappa shape index (κ3) is 6.53. The maximum atomic E-state index is 13.0. The summed E-state index contributed by atoms with van der Waals surface area (Å²) in [4.78, 5) is 51.3. The zero-order chi connectivity index (χ0) is 27.1. The van der Waals surface area contributed by atoms with E-state index in [9.17, 15) is 19.2 Å². The molecule has 1 atom stereocenters. The van der Waals surface area contributed by atoms with Crippen molar-refractivity contribution in [1.82, 2.24) is 19.4 Å². The van der Waals surface area contributed by atoms with Gasteiger partial charge in [-0.3, -0.25) is 28.8 Å². The van der Waals surface area contributed by atoms with E-state index >= 15 is 0 Å². The van der Waals surface area contributed by atoms with E-state index in [4.69, 9.17) is 9.47 Å². The Morgan fingerprint density at radius 3 is 2.50 bits per heavy atom. The molecule has 1 saturated carbocycles. The number of fused-ring (bicyclic) bond motifs is 1. The van der Waals surface area contributed by atoms with Gasteiger partial charge in [0.25, 0.3) is 0 Å². The average Bonchev–Trinajstić information content (AvgIpc) is 3.17. The van der Waals surface area contributed by atoms with Crippen molar-refractivity contribution in [2.45, 2.75) is 63.8 Å². The van der Waals surface area contributed by atoms with Crippen LogP contribution in [0.25, 0.3) is 11.0 Å². The van der Waals surface area contributed by atoms with Crippen LogP contribution in [0.4, 0.5) is 0 Å². The lowest BCUT2D eigenvalue weighted by atomic mass is 9.88. The Morgan fingerprint density at radius 1 is 1.03 bits per heavy atom. The van der Waals surface area contributed by atoms with Crippen LogP contribution in [-0.4, -0.2) is 71.8 Å². The summed E-state index contributed by atoms with van der Waals surface area (Å²) in [6.07, 6.45) is 7.59. The van der Waals surface area contributed by atoms with Crippen LogP contribution in [0.2, 0.25) is 0 Å². The van der Waals surface area contributed by atoms with Crippen molar-refractivity contribution in [2.24, 2.45) is 13.0 Å². The van der Waals surface area contributed by atoms with Gasteiger partial charge >= 0.3 is 5.69 Å². The van der Waals surface area contributed by atoms with Gasteiger partial charge in [-0.05, 0) is 43.7 Å². The molecule has 0 radical (unpaired) electrons. The fraction of sp³-hybridized carbons (Fsp3) is 0.643. The van der Waals surface area contributed by atoms with Crippen molar-refractivity contribution in [3.8, 4) is 0 Å². The van der Waals surface area contributed by atoms with Gasteiger partial charge in [-0.25, -0.2) is 4.79 Å². The molecule has 1 unspecified atom stereocenters. The molecule has 2 aromatic rings. The van der Waals surface area contributed by atoms with Gasteiger partial charge < -0.3 is 14.4 Å². The lowest BCUT2D eigenvalue weighted by Gasteiger charge is -2.26. The molecular weight excluding hydrogens is 488 g/mol. The predicted octanol–water partition coefficient (Wildman–Crippen LogP) is 2.32. The van der Waals surface area contributed by atoms with E-state index in [1.807, 2.05) is 25.2 Å². The largest absolute Gasteiger partial charge is 0.379 e. The highest BCUT2D eigenvalue weighted by Gasteiger charge is 2.31. The lowest BCUT2D eigenvalue weighted by molar-refractivity contribution is -0.136. The van der Waals surface area contributed by atoms with Gasteiger partial charge in [-0.15, -0.1) is 0 Å². The quantitative estimate of drug-likeness (QED) is 0.334. The predicted molar refractivity (Wildman–Crippen MR) is 143 cm³/mol. The van der Waals surface area contributed by atoms with E-state index < -0.39 is 11.9 Å². The highest BCUT2D eigenvalue weighted by molar-refractivity contribution is 6.00. The minimum atomic E-state index is -0.687. The number of rotatable bonds is 12. The Labute approximate surface area is 223 Å². The molecule has 3 amide bonds. The van der Waals surface area contributed by atoms with Crippen molar-refractivity contribution >= 4 is 28.8 Å². The standard InChI is InChI=1S/C28H40N4O6/c1-30(27(35)21-8-4-3-5-9-21)15-17-38-19-18-37-16-7-11-20-10-6-12-22-25(20)31(2)28(36)32(22)23-13-14-24(33)29-26(23)34/h6,10,12,21,23H,3-5,7-9,11,13-19H2,1-2H3,(H,29,33,34). The van der Waals surface area contributed by atoms with Crippen molar-refractivity contribution in [3.05, 3.63) is 34.2 Å². The zero-order valence-corrected chi connectivity index (χ0v) is 22.6. The molecule has 38 heavy (non-hydrogen) atoms. The fourth-order valence-electron chi connectivity index (χ4n) is 5.61. The minimum absolute atomic E-state index is 0.182. The van der Waals surface area contributed by atoms with E-state index in [1.165, 1.54) is 11.0 Å². The van der Waals surface area contributed by atoms with Crippen LogP contribution in [0.1, 0.15) is 63.0 Å². The summed E-state index contributed by atoms with van der Waals surface area (Å²) in [6, 6.07) is 5.04. The maximum Gasteiger partial charge on any atom is 0.329 e. The maximum absolute atomic E-state index is 13.0. The number of piperidine rings is 1. The molecule has 10 nitrogen and oxygen atoms in total. The Hall–Kier alpha value is -2.98. The molecule has 1 N–H and O–H groups in total. The third-order valence-corrected chi connectivity index (χ3v) is 7.72. The van der Waals surface area contributed by atoms with E-state index in [1.54, 1.807) is 16.5 Å². The summed E-state index contributed by atoms with van der Waals surface area (Å²) in [7, 11) is 3.57. The topological polar surface area (TPSA) is 112 Å². The highest BCUT2D eigenvalue weighted by atomic mass is 16.5. The van der Waals surface area contributed by atoms with Gasteiger partial charge in [0, 0.05) is 39.6 Å². The fourth-order valence-corrected chi connectivity index (χ4v) is 5.61. The number of aromatic nitrogens is 2. The molecule has 1 saturated heterocycles. The normalized spacial score (nSPS) is 18.6. The van der Waals surface area contributed by atoms with Crippen LogP contribution >= 0.6 is 0 Å². The Kier molecular flexibility index (Phi) is 9.74. The first-order valence-corrected chi connectivity index (χ1v) is 13.8. The van der Waals surface area contributed by atoms with Crippen LogP contribution in [0.5, 0.6) is 0 Å². The Balaban J connectivity index is 1.19. The second kappa shape index (κ2) is 13.2. The molecule has 1 aliphatic heterocycles. The van der Waals surface area contributed by atoms with Gasteiger partial charge in [-0.1, -0.05) is 31.4 Å². The number of benzene rings is 1. The number of nitrogens with one attached hydrogen (secondary N) is 1. The first-order chi connectivity index (χ1) is 18.4. The SMILES string of the molecule is CN(CCOCCOCCCc1cccc2c1n(C)c(=O)n2C1CCC(=O)NC1=O)C(=O)C1CCCCC1. The van der Waals surface area contributed by atoms with E-state index in [2.05, 4.69) is 5.32 Å². The van der Waals surface area contributed by atoms with E-state index in [0.29, 0.717) is 44.9 Å². The van der Waals surface area contributed by atoms with Gasteiger partial charge in [0.2, 0.25) is 17.7 Å². The third-order valence-electron chi connectivity index (χ3n) is 7.72. The Morgan fingerprint density at radius 2 is 1.76 bits per heavy atom. The highest BCUT2D eigenvalue weighted by Crippen LogP contribution is 2.26. The van der Waals surface area contributed by atoms with Gasteiger partial charge in [-0.2, -0.15) is 0 Å². The first kappa shape index (κ1) is 28.0. The number of hydrogen-bond acceptors (Lipinski definition) is 6. The van der Waals surface area contributed by atoms with Gasteiger partial charge in [0.05, 0.1) is 30.9 Å². The number of imidazole rings is 1. The molecule has 1 aromatic heterocycles. The minimum Gasteiger partial charge on any atom is -0.379 e. The molecule has 1 aromatic carbocycles. The molecule has 2 fully saturated rings. The smallest absolute Gasteiger partial charge is 0.329 e. The number of carbonyl (C=O) groups excluding carboxylic acids is 3. The second-order valence-electron chi connectivity index (χ2n) is 10.4. The second-order valence-corrected chi connectivity index (χ2v) is 10.4. The number of hydrogen-bond donors (Lipinski definition) is 1. The summed E-state index contributed by atoms with van der Waals surface area (Å²) in [6.45, 7) is 2.61. The molecule has 208 valence electrons. The number of imide groups is 1. The van der Waals surface area contributed by atoms with Crippen molar-refractivity contribution in [2.75, 3.05) is 40.0 Å². The molecular formula is C28H40N4O6. The number of amides is 3. The number of likely N-dealkylation sites (N-methyl/N-ethyl adjacent to an activating group) is 1. The number of aryl methyl sites for hydroxylation is 2. The van der Waals surface area contributed by atoms with Gasteiger partial charge in [0.15, 0.2) is 0 Å². The molecule has 2 aliphatic rings. The average molecular weight is 529 g/mol. The number of para-hydroxylation sites is 1. The van der Waals surface area contributed by atoms with Gasteiger partial charge in [0.1, 0.15) is 6.04 Å². The van der Waals surface area contributed by atoms with Crippen LogP contribution < -0.4 is 11.0 Å². The van der Waals surface area contributed by atoms with E-state index in [-0.39, 0.29) is 29.8 Å². The summed E-state index contributed by atoms with van der Waals surface area (Å²) < 4.78 is 14.5. The van der Waals surface area contributed by atoms with E-state index in [0.717, 1.165) is 49.6 Å². The van der Waals surface area contributed by atoms with Crippen LogP contribution in [-0.2, 0) is 37.3 Å². The Bertz CT molecular complexity index is 1200. The number of carbonyl (C=O) groups is 3. The number of ether oxygens (including phenoxy) is 2. The summed E-state index contributed by atoms with van der Waals surface area (Å²) in [5.74, 6) is -0.312. The molecule has 1 aliphatic carbocycles. The number of nitrogens with zero attached hydrogens (tertiary/aromatic N) is 3. The molecule has 2 heterocycles. The molecule has 0 spiro atoms. The monoisotopic (exact) mass is 528 g/mol. The van der Waals surface area contributed by atoms with Crippen molar-refractivity contribution in [1.29, 1.82) is 0 Å². The first-order valence-electron chi connectivity index (χ1n) is 13.8. The van der Waals surface area contributed by atoms with Crippen LogP contribution in [0.3, 0.4) is 0 Å². The lowest BCUT2D eigenvalue weighted by Crippen LogP contribution is -2.44. The van der Waals surface area contributed by atoms with Crippen LogP contribution in [0.15, 0.2) is 23.0 Å². The summed E-state index contributed by atoms with van der Waals surface area (Å²) >= 11 is 0. The van der Waals surface area contributed by atoms with Crippen molar-refractivity contribution in [3.63, 3.8) is 0 Å².